The van der Waals surface area contributed by atoms with Crippen LogP contribution in [0.5, 0.6) is 0 Å². The van der Waals surface area contributed by atoms with E-state index >= 15 is 0 Å². The lowest BCUT2D eigenvalue weighted by Crippen LogP contribution is -2.05. The number of aryl methyl sites for hydroxylation is 2. The van der Waals surface area contributed by atoms with Crippen molar-refractivity contribution in [1.82, 2.24) is 15.0 Å². The van der Waals surface area contributed by atoms with Crippen LogP contribution in [0.2, 0.25) is 0 Å². The first kappa shape index (κ1) is 13.0. The molecule has 0 aliphatic heterocycles. The first-order valence-electron chi connectivity index (χ1n) is 5.84. The van der Waals surface area contributed by atoms with Gasteiger partial charge in [0, 0.05) is 12.2 Å². The lowest BCUT2D eigenvalue weighted by Gasteiger charge is -2.09. The van der Waals surface area contributed by atoms with Crippen molar-refractivity contribution in [3.63, 3.8) is 0 Å². The summed E-state index contributed by atoms with van der Waals surface area (Å²) in [5.41, 5.74) is 2.66. The molecule has 0 aromatic carbocycles. The maximum absolute atomic E-state index is 4.50. The predicted molar refractivity (Wildman–Crippen MR) is 76.6 cm³/mol. The Labute approximate surface area is 115 Å². The first-order chi connectivity index (χ1) is 8.61. The van der Waals surface area contributed by atoms with Crippen LogP contribution in [0.4, 0.5) is 5.82 Å². The van der Waals surface area contributed by atoms with E-state index in [1.165, 1.54) is 0 Å². The van der Waals surface area contributed by atoms with Crippen molar-refractivity contribution in [2.75, 3.05) is 11.9 Å². The van der Waals surface area contributed by atoms with Gasteiger partial charge in [0.25, 0.3) is 0 Å². The van der Waals surface area contributed by atoms with Crippen LogP contribution in [0, 0.1) is 13.8 Å². The molecule has 2 heterocycles. The Morgan fingerprint density at radius 2 is 1.94 bits per heavy atom. The molecule has 5 heteroatoms. The molecule has 0 bridgehead atoms. The van der Waals surface area contributed by atoms with Gasteiger partial charge < -0.3 is 5.32 Å². The quantitative estimate of drug-likeness (QED) is 0.945. The fourth-order valence-corrected chi connectivity index (χ4v) is 1.94. The van der Waals surface area contributed by atoms with Crippen LogP contribution in [0.3, 0.4) is 0 Å². The van der Waals surface area contributed by atoms with E-state index in [-0.39, 0.29) is 0 Å². The van der Waals surface area contributed by atoms with Gasteiger partial charge in [0.1, 0.15) is 11.5 Å². The normalized spacial score (nSPS) is 10.4. The van der Waals surface area contributed by atoms with E-state index in [4.69, 9.17) is 0 Å². The Morgan fingerprint density at radius 3 is 2.61 bits per heavy atom. The summed E-state index contributed by atoms with van der Waals surface area (Å²) in [5, 5.41) is 3.22. The SMILES string of the molecule is CCNc1nc(-c2cccc(C)n2)nc(C)c1Br. The highest BCUT2D eigenvalue weighted by Gasteiger charge is 2.11. The molecule has 4 nitrogen and oxygen atoms in total. The Bertz CT molecular complexity index is 569. The van der Waals surface area contributed by atoms with Crippen LogP contribution in [-0.4, -0.2) is 21.5 Å². The molecular weight excluding hydrogens is 292 g/mol. The zero-order valence-corrected chi connectivity index (χ0v) is 12.2. The largest absolute Gasteiger partial charge is 0.369 e. The van der Waals surface area contributed by atoms with Gasteiger partial charge in [-0.1, -0.05) is 6.07 Å². The molecule has 0 unspecified atom stereocenters. The third kappa shape index (κ3) is 2.67. The van der Waals surface area contributed by atoms with Gasteiger partial charge in [-0.05, 0) is 48.8 Å². The number of nitrogens with one attached hydrogen (secondary N) is 1. The molecule has 0 fully saturated rings. The fourth-order valence-electron chi connectivity index (χ4n) is 1.63. The highest BCUT2D eigenvalue weighted by molar-refractivity contribution is 9.10. The first-order valence-corrected chi connectivity index (χ1v) is 6.63. The molecule has 0 spiro atoms. The third-order valence-corrected chi connectivity index (χ3v) is 3.43. The summed E-state index contributed by atoms with van der Waals surface area (Å²) in [6.07, 6.45) is 0. The van der Waals surface area contributed by atoms with Gasteiger partial charge in [-0.3, -0.25) is 0 Å². The average Bonchev–Trinajstić information content (AvgIpc) is 2.35. The topological polar surface area (TPSA) is 50.7 Å². The molecule has 2 rings (SSSR count). The van der Waals surface area contributed by atoms with Crippen molar-refractivity contribution in [2.24, 2.45) is 0 Å². The second-order valence-corrected chi connectivity index (χ2v) is 4.78. The minimum atomic E-state index is 0.648. The van der Waals surface area contributed by atoms with Gasteiger partial charge in [0.2, 0.25) is 0 Å². The third-order valence-electron chi connectivity index (χ3n) is 2.48. The molecule has 0 amide bonds. The maximum Gasteiger partial charge on any atom is 0.180 e. The van der Waals surface area contributed by atoms with Crippen molar-refractivity contribution in [3.8, 4) is 11.5 Å². The molecule has 0 aliphatic carbocycles. The molecule has 2 aromatic heterocycles. The molecule has 0 radical (unpaired) electrons. The van der Waals surface area contributed by atoms with Crippen LogP contribution in [-0.2, 0) is 0 Å². The highest BCUT2D eigenvalue weighted by Crippen LogP contribution is 2.25. The number of nitrogens with zero attached hydrogens (tertiary/aromatic N) is 3. The molecular formula is C13H15BrN4. The molecule has 0 aliphatic rings. The van der Waals surface area contributed by atoms with E-state index in [1.807, 2.05) is 39.0 Å². The highest BCUT2D eigenvalue weighted by atomic mass is 79.9. The molecule has 0 saturated carbocycles. The van der Waals surface area contributed by atoms with E-state index in [2.05, 4.69) is 36.2 Å². The zero-order valence-electron chi connectivity index (χ0n) is 10.7. The van der Waals surface area contributed by atoms with Gasteiger partial charge in [0.15, 0.2) is 5.82 Å². The average molecular weight is 307 g/mol. The molecule has 0 atom stereocenters. The summed E-state index contributed by atoms with van der Waals surface area (Å²) in [7, 11) is 0. The summed E-state index contributed by atoms with van der Waals surface area (Å²) in [6, 6.07) is 5.84. The Balaban J connectivity index is 2.51. The van der Waals surface area contributed by atoms with E-state index in [0.29, 0.717) is 5.82 Å². The van der Waals surface area contributed by atoms with Gasteiger partial charge >= 0.3 is 0 Å². The fraction of sp³-hybridized carbons (Fsp3) is 0.308. The van der Waals surface area contributed by atoms with E-state index < -0.39 is 0 Å². The van der Waals surface area contributed by atoms with Gasteiger partial charge in [-0.2, -0.15) is 0 Å². The van der Waals surface area contributed by atoms with Crippen molar-refractivity contribution < 1.29 is 0 Å². The van der Waals surface area contributed by atoms with E-state index in [1.54, 1.807) is 0 Å². The van der Waals surface area contributed by atoms with Crippen molar-refractivity contribution in [2.45, 2.75) is 20.8 Å². The van der Waals surface area contributed by atoms with E-state index in [9.17, 15) is 0 Å². The lowest BCUT2D eigenvalue weighted by molar-refractivity contribution is 1.04. The van der Waals surface area contributed by atoms with Crippen LogP contribution < -0.4 is 5.32 Å². The minimum Gasteiger partial charge on any atom is -0.369 e. The van der Waals surface area contributed by atoms with Crippen molar-refractivity contribution in [1.29, 1.82) is 0 Å². The molecule has 1 N–H and O–H groups in total. The molecule has 2 aromatic rings. The number of halogens is 1. The summed E-state index contributed by atoms with van der Waals surface area (Å²) in [4.78, 5) is 13.4. The second kappa shape index (κ2) is 5.44. The van der Waals surface area contributed by atoms with Crippen LogP contribution in [0.1, 0.15) is 18.3 Å². The lowest BCUT2D eigenvalue weighted by atomic mass is 10.3. The Kier molecular flexibility index (Phi) is 3.91. The van der Waals surface area contributed by atoms with E-state index in [0.717, 1.165) is 33.9 Å². The van der Waals surface area contributed by atoms with Gasteiger partial charge in [-0.25, -0.2) is 15.0 Å². The standard InChI is InChI=1S/C13H15BrN4/c1-4-15-13-11(14)9(3)17-12(18-13)10-7-5-6-8(2)16-10/h5-7H,4H2,1-3H3,(H,15,17,18). The summed E-state index contributed by atoms with van der Waals surface area (Å²) < 4.78 is 0.903. The van der Waals surface area contributed by atoms with Gasteiger partial charge in [0.05, 0.1) is 10.2 Å². The smallest absolute Gasteiger partial charge is 0.180 e. The second-order valence-electron chi connectivity index (χ2n) is 3.99. The Morgan fingerprint density at radius 1 is 1.17 bits per heavy atom. The van der Waals surface area contributed by atoms with Crippen LogP contribution in [0.15, 0.2) is 22.7 Å². The maximum atomic E-state index is 4.50. The number of aromatic nitrogens is 3. The van der Waals surface area contributed by atoms with Crippen molar-refractivity contribution in [3.05, 3.63) is 34.1 Å². The monoisotopic (exact) mass is 306 g/mol. The van der Waals surface area contributed by atoms with Gasteiger partial charge in [-0.15, -0.1) is 0 Å². The van der Waals surface area contributed by atoms with Crippen LogP contribution >= 0.6 is 15.9 Å². The number of rotatable bonds is 3. The zero-order chi connectivity index (χ0) is 13.1. The number of pyridine rings is 1. The van der Waals surface area contributed by atoms with Crippen LogP contribution in [0.25, 0.3) is 11.5 Å². The summed E-state index contributed by atoms with van der Waals surface area (Å²) >= 11 is 3.49. The minimum absolute atomic E-state index is 0.648. The number of hydrogen-bond acceptors (Lipinski definition) is 4. The molecule has 18 heavy (non-hydrogen) atoms. The number of anilines is 1. The predicted octanol–water partition coefficient (Wildman–Crippen LogP) is 3.35. The number of hydrogen-bond donors (Lipinski definition) is 1. The Hall–Kier alpha value is -1.49. The summed E-state index contributed by atoms with van der Waals surface area (Å²) in [5.74, 6) is 1.46. The summed E-state index contributed by atoms with van der Waals surface area (Å²) in [6.45, 7) is 6.76. The van der Waals surface area contributed by atoms with Crippen molar-refractivity contribution >= 4 is 21.7 Å². The molecule has 94 valence electrons. The molecule has 0 saturated heterocycles.